The van der Waals surface area contributed by atoms with Gasteiger partial charge in [-0.15, -0.1) is 6.58 Å². The predicted octanol–water partition coefficient (Wildman–Crippen LogP) is 5.28. The van der Waals surface area contributed by atoms with E-state index in [1.165, 1.54) is 6.08 Å². The van der Waals surface area contributed by atoms with Gasteiger partial charge in [-0.2, -0.15) is 0 Å². The Labute approximate surface area is 178 Å². The van der Waals surface area contributed by atoms with Crippen molar-refractivity contribution in [3.63, 3.8) is 0 Å². The van der Waals surface area contributed by atoms with E-state index in [4.69, 9.17) is 14.2 Å². The molecule has 0 heterocycles. The summed E-state index contributed by atoms with van der Waals surface area (Å²) >= 11 is 0. The highest BCUT2D eigenvalue weighted by Crippen LogP contribution is 2.30. The van der Waals surface area contributed by atoms with E-state index in [0.717, 1.165) is 11.1 Å². The molecular formula is C25H28O5. The van der Waals surface area contributed by atoms with Crippen LogP contribution < -0.4 is 14.2 Å². The third kappa shape index (κ3) is 5.83. The lowest BCUT2D eigenvalue weighted by molar-refractivity contribution is -0.142. The van der Waals surface area contributed by atoms with Gasteiger partial charge >= 0.3 is 5.97 Å². The monoisotopic (exact) mass is 408 g/mol. The highest BCUT2D eigenvalue weighted by atomic mass is 16.5. The second-order valence-electron chi connectivity index (χ2n) is 7.76. The maximum Gasteiger partial charge on any atom is 0.316 e. The Balaban J connectivity index is 2.20. The molecule has 2 aromatic carbocycles. The molecule has 0 aliphatic carbocycles. The van der Waals surface area contributed by atoms with E-state index >= 15 is 0 Å². The fourth-order valence-electron chi connectivity index (χ4n) is 2.65. The first-order valence-electron chi connectivity index (χ1n) is 9.60. The summed E-state index contributed by atoms with van der Waals surface area (Å²) in [5, 5.41) is 0. The standard InChI is InChI=1S/C25H28O5/c1-7-8-18-15-19(23(29-6)16-22(18)28-5)11-14-21(26)17-9-12-20(13-10-17)30-24(27)25(2,3)4/h7,9-16H,1,8H2,2-6H3/b14-11+. The molecule has 30 heavy (non-hydrogen) atoms. The molecule has 5 nitrogen and oxygen atoms in total. The van der Waals surface area contributed by atoms with Crippen molar-refractivity contribution in [3.8, 4) is 17.2 Å². The molecule has 0 radical (unpaired) electrons. The molecule has 5 heteroatoms. The van der Waals surface area contributed by atoms with E-state index in [1.54, 1.807) is 77.5 Å². The van der Waals surface area contributed by atoms with Crippen molar-refractivity contribution < 1.29 is 23.8 Å². The van der Waals surface area contributed by atoms with E-state index in [9.17, 15) is 9.59 Å². The van der Waals surface area contributed by atoms with Crippen LogP contribution in [-0.2, 0) is 11.2 Å². The lowest BCUT2D eigenvalue weighted by Gasteiger charge is -2.16. The fraction of sp³-hybridized carbons (Fsp3) is 0.280. The predicted molar refractivity (Wildman–Crippen MR) is 118 cm³/mol. The Hall–Kier alpha value is -3.34. The molecule has 158 valence electrons. The zero-order chi connectivity index (χ0) is 22.3. The number of ketones is 1. The molecule has 2 aromatic rings. The second kappa shape index (κ2) is 9.92. The average molecular weight is 408 g/mol. The quantitative estimate of drug-likeness (QED) is 0.195. The van der Waals surface area contributed by atoms with Crippen molar-refractivity contribution in [1.82, 2.24) is 0 Å². The molecule has 0 fully saturated rings. The Kier molecular flexibility index (Phi) is 7.59. The SMILES string of the molecule is C=CCc1cc(/C=C/C(=O)c2ccc(OC(=O)C(C)(C)C)cc2)c(OC)cc1OC. The average Bonchev–Trinajstić information content (AvgIpc) is 2.72. The molecule has 0 N–H and O–H groups in total. The van der Waals surface area contributed by atoms with E-state index < -0.39 is 5.41 Å². The van der Waals surface area contributed by atoms with Crippen LogP contribution in [0.5, 0.6) is 17.2 Å². The van der Waals surface area contributed by atoms with Crippen LogP contribution in [0.15, 0.2) is 55.1 Å². The van der Waals surface area contributed by atoms with E-state index in [0.29, 0.717) is 29.2 Å². The van der Waals surface area contributed by atoms with Gasteiger partial charge in [0.25, 0.3) is 0 Å². The van der Waals surface area contributed by atoms with Crippen LogP contribution in [0.25, 0.3) is 6.08 Å². The first-order valence-corrected chi connectivity index (χ1v) is 9.60. The summed E-state index contributed by atoms with van der Waals surface area (Å²) in [5.74, 6) is 1.21. The summed E-state index contributed by atoms with van der Waals surface area (Å²) < 4.78 is 16.1. The molecule has 0 aliphatic rings. The number of carbonyl (C=O) groups excluding carboxylic acids is 2. The molecule has 0 atom stereocenters. The lowest BCUT2D eigenvalue weighted by Crippen LogP contribution is -2.25. The van der Waals surface area contributed by atoms with Crippen molar-refractivity contribution in [3.05, 3.63) is 71.8 Å². The number of hydrogen-bond donors (Lipinski definition) is 0. The highest BCUT2D eigenvalue weighted by Gasteiger charge is 2.23. The minimum Gasteiger partial charge on any atom is -0.496 e. The molecule has 0 aliphatic heterocycles. The molecule has 0 aromatic heterocycles. The van der Waals surface area contributed by atoms with Crippen molar-refractivity contribution in [1.29, 1.82) is 0 Å². The Morgan fingerprint density at radius 3 is 2.17 bits per heavy atom. The van der Waals surface area contributed by atoms with Crippen LogP contribution in [0.4, 0.5) is 0 Å². The van der Waals surface area contributed by atoms with Crippen LogP contribution in [-0.4, -0.2) is 26.0 Å². The molecule has 0 spiro atoms. The Bertz CT molecular complexity index is 947. The molecule has 0 saturated heterocycles. The summed E-state index contributed by atoms with van der Waals surface area (Å²) in [6, 6.07) is 10.2. The Morgan fingerprint density at radius 2 is 1.63 bits per heavy atom. The minimum atomic E-state index is -0.598. The van der Waals surface area contributed by atoms with Crippen LogP contribution in [0.3, 0.4) is 0 Å². The number of rotatable bonds is 8. The Morgan fingerprint density at radius 1 is 1.00 bits per heavy atom. The van der Waals surface area contributed by atoms with Crippen molar-refractivity contribution >= 4 is 17.8 Å². The van der Waals surface area contributed by atoms with Gasteiger partial charge in [0.15, 0.2) is 5.78 Å². The van der Waals surface area contributed by atoms with E-state index in [1.807, 2.05) is 6.07 Å². The van der Waals surface area contributed by atoms with Crippen molar-refractivity contribution in [2.45, 2.75) is 27.2 Å². The molecule has 2 rings (SSSR count). The van der Waals surface area contributed by atoms with Gasteiger partial charge in [-0.25, -0.2) is 0 Å². The number of hydrogen-bond acceptors (Lipinski definition) is 5. The maximum atomic E-state index is 12.6. The van der Waals surface area contributed by atoms with Gasteiger partial charge in [0, 0.05) is 17.2 Å². The number of ether oxygens (including phenoxy) is 3. The van der Waals surface area contributed by atoms with Crippen LogP contribution in [0, 0.1) is 5.41 Å². The summed E-state index contributed by atoms with van der Waals surface area (Å²) in [4.78, 5) is 24.5. The highest BCUT2D eigenvalue weighted by molar-refractivity contribution is 6.07. The van der Waals surface area contributed by atoms with E-state index in [2.05, 4.69) is 6.58 Å². The zero-order valence-corrected chi connectivity index (χ0v) is 18.2. The second-order valence-corrected chi connectivity index (χ2v) is 7.76. The van der Waals surface area contributed by atoms with Gasteiger partial charge in [0.05, 0.1) is 19.6 Å². The van der Waals surface area contributed by atoms with E-state index in [-0.39, 0.29) is 11.8 Å². The van der Waals surface area contributed by atoms with Gasteiger partial charge in [0.2, 0.25) is 0 Å². The van der Waals surface area contributed by atoms with Gasteiger partial charge in [-0.3, -0.25) is 9.59 Å². The minimum absolute atomic E-state index is 0.174. The third-order valence-electron chi connectivity index (χ3n) is 4.37. The number of methoxy groups -OCH3 is 2. The lowest BCUT2D eigenvalue weighted by atomic mass is 9.97. The maximum absolute atomic E-state index is 12.6. The summed E-state index contributed by atoms with van der Waals surface area (Å²) in [6.45, 7) is 9.12. The summed E-state index contributed by atoms with van der Waals surface area (Å²) in [6.07, 6.45) is 5.62. The fourth-order valence-corrected chi connectivity index (χ4v) is 2.65. The smallest absolute Gasteiger partial charge is 0.316 e. The van der Waals surface area contributed by atoms with Crippen LogP contribution >= 0.6 is 0 Å². The van der Waals surface area contributed by atoms with Gasteiger partial charge in [-0.05, 0) is 75.2 Å². The first-order chi connectivity index (χ1) is 14.2. The molecule has 0 amide bonds. The number of benzene rings is 2. The molecular weight excluding hydrogens is 380 g/mol. The van der Waals surface area contributed by atoms with Gasteiger partial charge in [-0.1, -0.05) is 6.08 Å². The van der Waals surface area contributed by atoms with Gasteiger partial charge < -0.3 is 14.2 Å². The zero-order valence-electron chi connectivity index (χ0n) is 18.2. The van der Waals surface area contributed by atoms with Crippen LogP contribution in [0.1, 0.15) is 42.3 Å². The van der Waals surface area contributed by atoms with Crippen molar-refractivity contribution in [2.75, 3.05) is 14.2 Å². The van der Waals surface area contributed by atoms with Crippen LogP contribution in [0.2, 0.25) is 0 Å². The van der Waals surface area contributed by atoms with Gasteiger partial charge in [0.1, 0.15) is 17.2 Å². The normalized spacial score (nSPS) is 11.2. The number of allylic oxidation sites excluding steroid dienone is 2. The topological polar surface area (TPSA) is 61.8 Å². The van der Waals surface area contributed by atoms with Crippen molar-refractivity contribution in [2.24, 2.45) is 5.41 Å². The molecule has 0 bridgehead atoms. The molecule has 0 unspecified atom stereocenters. The number of carbonyl (C=O) groups is 2. The first kappa shape index (κ1) is 22.9. The number of esters is 1. The molecule has 0 saturated carbocycles. The summed E-state index contributed by atoms with van der Waals surface area (Å²) in [5.41, 5.74) is 1.60. The third-order valence-corrected chi connectivity index (χ3v) is 4.37. The largest absolute Gasteiger partial charge is 0.496 e. The summed E-state index contributed by atoms with van der Waals surface area (Å²) in [7, 11) is 3.17.